The number of ether oxygens (including phenoxy) is 1. The molecule has 2 aromatic heterocycles. The number of aromatic amines is 1. The lowest BCUT2D eigenvalue weighted by atomic mass is 10.1. The third-order valence-corrected chi connectivity index (χ3v) is 4.72. The summed E-state index contributed by atoms with van der Waals surface area (Å²) < 4.78 is 18.6. The molecule has 0 amide bonds. The van der Waals surface area contributed by atoms with E-state index in [9.17, 15) is 4.39 Å². The molecule has 1 aromatic carbocycles. The Labute approximate surface area is 157 Å². The highest BCUT2D eigenvalue weighted by atomic mass is 19.1. The van der Waals surface area contributed by atoms with Crippen LogP contribution in [0.2, 0.25) is 0 Å². The van der Waals surface area contributed by atoms with Crippen LogP contribution in [0.4, 0.5) is 10.3 Å². The van der Waals surface area contributed by atoms with Crippen LogP contribution >= 0.6 is 0 Å². The molecule has 0 spiro atoms. The van der Waals surface area contributed by atoms with E-state index >= 15 is 0 Å². The van der Waals surface area contributed by atoms with Crippen LogP contribution in [-0.4, -0.2) is 33.3 Å². The molecular formula is C20H22FN5O. The van der Waals surface area contributed by atoms with E-state index in [0.717, 1.165) is 48.2 Å². The van der Waals surface area contributed by atoms with Crippen molar-refractivity contribution in [3.8, 4) is 5.75 Å². The molecule has 0 aliphatic carbocycles. The van der Waals surface area contributed by atoms with E-state index in [4.69, 9.17) is 4.74 Å². The Kier molecular flexibility index (Phi) is 4.75. The number of hydrogen-bond donors (Lipinski definition) is 1. The highest BCUT2D eigenvalue weighted by Crippen LogP contribution is 2.29. The fourth-order valence-electron chi connectivity index (χ4n) is 3.39. The maximum absolute atomic E-state index is 12.9. The molecule has 3 aromatic rings. The summed E-state index contributed by atoms with van der Waals surface area (Å²) in [4.78, 5) is 11.3. The Bertz CT molecular complexity index is 904. The third kappa shape index (κ3) is 4.07. The maximum atomic E-state index is 12.9. The zero-order valence-electron chi connectivity index (χ0n) is 15.4. The van der Waals surface area contributed by atoms with Crippen molar-refractivity contribution in [2.45, 2.75) is 32.8 Å². The molecule has 6 nitrogen and oxygen atoms in total. The smallest absolute Gasteiger partial charge is 0.225 e. The number of anilines is 1. The Hall–Kier alpha value is -2.96. The molecule has 7 heteroatoms. The number of aryl methyl sites for hydroxylation is 2. The van der Waals surface area contributed by atoms with Gasteiger partial charge in [0, 0.05) is 30.4 Å². The SMILES string of the molecule is Cc1cc(C)nc(N2CC[C@@H](c3cc(COc4ccc(F)cc4)[nH]n3)C2)n1. The van der Waals surface area contributed by atoms with Gasteiger partial charge in [0.2, 0.25) is 5.95 Å². The number of nitrogens with zero attached hydrogens (tertiary/aromatic N) is 4. The topological polar surface area (TPSA) is 66.9 Å². The first kappa shape index (κ1) is 17.5. The van der Waals surface area contributed by atoms with E-state index < -0.39 is 0 Å². The first-order chi connectivity index (χ1) is 13.1. The minimum absolute atomic E-state index is 0.273. The molecule has 0 radical (unpaired) electrons. The van der Waals surface area contributed by atoms with Crippen molar-refractivity contribution in [3.05, 3.63) is 65.0 Å². The van der Waals surface area contributed by atoms with Gasteiger partial charge in [0.1, 0.15) is 18.2 Å². The van der Waals surface area contributed by atoms with Gasteiger partial charge >= 0.3 is 0 Å². The molecule has 140 valence electrons. The van der Waals surface area contributed by atoms with E-state index in [-0.39, 0.29) is 5.82 Å². The molecule has 27 heavy (non-hydrogen) atoms. The summed E-state index contributed by atoms with van der Waals surface area (Å²) in [5.74, 6) is 1.49. The fourth-order valence-corrected chi connectivity index (χ4v) is 3.39. The number of aromatic nitrogens is 4. The average molecular weight is 367 g/mol. The van der Waals surface area contributed by atoms with E-state index in [1.807, 2.05) is 26.0 Å². The molecule has 1 saturated heterocycles. The Morgan fingerprint density at radius 1 is 1.15 bits per heavy atom. The van der Waals surface area contributed by atoms with Gasteiger partial charge in [0.25, 0.3) is 0 Å². The van der Waals surface area contributed by atoms with Crippen molar-refractivity contribution in [2.24, 2.45) is 0 Å². The second kappa shape index (κ2) is 7.34. The third-order valence-electron chi connectivity index (χ3n) is 4.72. The Morgan fingerprint density at radius 3 is 2.63 bits per heavy atom. The van der Waals surface area contributed by atoms with E-state index in [0.29, 0.717) is 18.3 Å². The van der Waals surface area contributed by atoms with Crippen LogP contribution < -0.4 is 9.64 Å². The van der Waals surface area contributed by atoms with Crippen LogP contribution in [0.3, 0.4) is 0 Å². The first-order valence-electron chi connectivity index (χ1n) is 9.06. The lowest BCUT2D eigenvalue weighted by Gasteiger charge is -2.16. The van der Waals surface area contributed by atoms with Gasteiger partial charge in [-0.25, -0.2) is 14.4 Å². The number of nitrogens with one attached hydrogen (secondary N) is 1. The Morgan fingerprint density at radius 2 is 1.89 bits per heavy atom. The van der Waals surface area contributed by atoms with Gasteiger partial charge in [-0.2, -0.15) is 5.10 Å². The van der Waals surface area contributed by atoms with Gasteiger partial charge < -0.3 is 9.64 Å². The number of halogens is 1. The highest BCUT2D eigenvalue weighted by Gasteiger charge is 2.27. The predicted molar refractivity (Wildman–Crippen MR) is 100 cm³/mol. The van der Waals surface area contributed by atoms with Crippen molar-refractivity contribution in [2.75, 3.05) is 18.0 Å². The van der Waals surface area contributed by atoms with E-state index in [1.54, 1.807) is 12.1 Å². The van der Waals surface area contributed by atoms with E-state index in [1.165, 1.54) is 12.1 Å². The van der Waals surface area contributed by atoms with Crippen LogP contribution in [0.25, 0.3) is 0 Å². The first-order valence-corrected chi connectivity index (χ1v) is 9.06. The maximum Gasteiger partial charge on any atom is 0.225 e. The average Bonchev–Trinajstić information content (AvgIpc) is 3.30. The van der Waals surface area contributed by atoms with Gasteiger partial charge in [0.05, 0.1) is 11.4 Å². The van der Waals surface area contributed by atoms with Gasteiger partial charge in [0.15, 0.2) is 0 Å². The van der Waals surface area contributed by atoms with Crippen molar-refractivity contribution in [3.63, 3.8) is 0 Å². The van der Waals surface area contributed by atoms with Crippen LogP contribution in [0.1, 0.15) is 35.1 Å². The molecule has 1 fully saturated rings. The molecule has 1 atom stereocenters. The summed E-state index contributed by atoms with van der Waals surface area (Å²) in [6, 6.07) is 10.0. The summed E-state index contributed by atoms with van der Waals surface area (Å²) in [6.45, 7) is 6.13. The minimum Gasteiger partial charge on any atom is -0.487 e. The van der Waals surface area contributed by atoms with Crippen LogP contribution in [0.15, 0.2) is 36.4 Å². The fraction of sp³-hybridized carbons (Fsp3) is 0.350. The largest absolute Gasteiger partial charge is 0.487 e. The molecule has 1 aliphatic rings. The summed E-state index contributed by atoms with van der Waals surface area (Å²) in [7, 11) is 0. The van der Waals surface area contributed by atoms with Gasteiger partial charge in [-0.05, 0) is 56.7 Å². The summed E-state index contributed by atoms with van der Waals surface area (Å²) in [5, 5.41) is 7.49. The molecular weight excluding hydrogens is 345 g/mol. The number of hydrogen-bond acceptors (Lipinski definition) is 5. The normalized spacial score (nSPS) is 16.7. The Balaban J connectivity index is 1.38. The molecule has 4 rings (SSSR count). The number of H-pyrrole nitrogens is 1. The predicted octanol–water partition coefficient (Wildman–Crippen LogP) is 3.53. The van der Waals surface area contributed by atoms with Crippen molar-refractivity contribution >= 4 is 5.95 Å². The standard InChI is InChI=1S/C20H22FN5O/c1-13-9-14(2)23-20(22-13)26-8-7-15(11-26)19-10-17(24-25-19)12-27-18-5-3-16(21)4-6-18/h3-6,9-10,15H,7-8,11-12H2,1-2H3,(H,24,25)/t15-/m1/s1. The molecule has 1 N–H and O–H groups in total. The van der Waals surface area contributed by atoms with Gasteiger partial charge in [-0.3, -0.25) is 5.10 Å². The highest BCUT2D eigenvalue weighted by molar-refractivity contribution is 5.36. The van der Waals surface area contributed by atoms with Gasteiger partial charge in [-0.15, -0.1) is 0 Å². The second-order valence-electron chi connectivity index (χ2n) is 6.94. The molecule has 0 bridgehead atoms. The zero-order valence-corrected chi connectivity index (χ0v) is 15.4. The van der Waals surface area contributed by atoms with Crippen molar-refractivity contribution < 1.29 is 9.13 Å². The summed E-state index contributed by atoms with van der Waals surface area (Å²) in [6.07, 6.45) is 1.01. The lowest BCUT2D eigenvalue weighted by molar-refractivity contribution is 0.300. The second-order valence-corrected chi connectivity index (χ2v) is 6.94. The minimum atomic E-state index is -0.273. The zero-order chi connectivity index (χ0) is 18.8. The molecule has 3 heterocycles. The monoisotopic (exact) mass is 367 g/mol. The van der Waals surface area contributed by atoms with Crippen molar-refractivity contribution in [1.82, 2.24) is 20.2 Å². The van der Waals surface area contributed by atoms with Crippen LogP contribution in [-0.2, 0) is 6.61 Å². The molecule has 1 aliphatic heterocycles. The van der Waals surface area contributed by atoms with Crippen molar-refractivity contribution in [1.29, 1.82) is 0 Å². The lowest BCUT2D eigenvalue weighted by Crippen LogP contribution is -2.22. The van der Waals surface area contributed by atoms with Crippen LogP contribution in [0.5, 0.6) is 5.75 Å². The van der Waals surface area contributed by atoms with E-state index in [2.05, 4.69) is 25.1 Å². The molecule has 0 unspecified atom stereocenters. The molecule has 0 saturated carbocycles. The summed E-state index contributed by atoms with van der Waals surface area (Å²) in [5.41, 5.74) is 3.90. The van der Waals surface area contributed by atoms with Crippen LogP contribution in [0, 0.1) is 19.7 Å². The summed E-state index contributed by atoms with van der Waals surface area (Å²) >= 11 is 0. The quantitative estimate of drug-likeness (QED) is 0.747. The van der Waals surface area contributed by atoms with Gasteiger partial charge in [-0.1, -0.05) is 0 Å². The number of benzene rings is 1. The number of rotatable bonds is 5.